The highest BCUT2D eigenvalue weighted by molar-refractivity contribution is 6.05. The van der Waals surface area contributed by atoms with E-state index >= 15 is 0 Å². The van der Waals surface area contributed by atoms with Gasteiger partial charge in [0.15, 0.2) is 0 Å². The number of nitrogens with one attached hydrogen (secondary N) is 1. The summed E-state index contributed by atoms with van der Waals surface area (Å²) in [5.41, 5.74) is 0. The van der Waals surface area contributed by atoms with Crippen molar-refractivity contribution in [1.29, 1.82) is 0 Å². The van der Waals surface area contributed by atoms with Crippen molar-refractivity contribution < 1.29 is 9.59 Å². The molecule has 92 valence electrons. The molecule has 2 heterocycles. The first kappa shape index (κ1) is 11.8. The fourth-order valence-electron chi connectivity index (χ4n) is 1.97. The van der Waals surface area contributed by atoms with E-state index in [2.05, 4.69) is 10.4 Å². The van der Waals surface area contributed by atoms with Crippen LogP contribution in [0.4, 0.5) is 0 Å². The number of carbonyl (C=O) groups excluding carboxylic acids is 2. The molecule has 2 unspecified atom stereocenters. The number of nitrogens with zero attached hydrogens (tertiary/aromatic N) is 3. The molecule has 17 heavy (non-hydrogen) atoms. The summed E-state index contributed by atoms with van der Waals surface area (Å²) in [4.78, 5) is 24.2. The molecular formula is C11H16N4O2. The van der Waals surface area contributed by atoms with Crippen molar-refractivity contribution in [1.82, 2.24) is 20.0 Å². The molecule has 2 atom stereocenters. The Morgan fingerprint density at radius 2 is 2.35 bits per heavy atom. The lowest BCUT2D eigenvalue weighted by Crippen LogP contribution is -2.43. The van der Waals surface area contributed by atoms with Crippen LogP contribution in [-0.2, 0) is 16.1 Å². The van der Waals surface area contributed by atoms with Gasteiger partial charge in [-0.2, -0.15) is 5.10 Å². The molecule has 6 nitrogen and oxygen atoms in total. The Kier molecular flexibility index (Phi) is 3.23. The summed E-state index contributed by atoms with van der Waals surface area (Å²) < 4.78 is 1.79. The summed E-state index contributed by atoms with van der Waals surface area (Å²) in [5, 5.41) is 7.25. The predicted molar refractivity (Wildman–Crippen MR) is 61.0 cm³/mol. The maximum absolute atomic E-state index is 11.7. The number of aromatic nitrogens is 2. The van der Waals surface area contributed by atoms with Gasteiger partial charge >= 0.3 is 0 Å². The van der Waals surface area contributed by atoms with Crippen LogP contribution in [0.1, 0.15) is 13.3 Å². The molecule has 6 heteroatoms. The number of likely N-dealkylation sites (tertiary alicyclic amines) is 1. The summed E-state index contributed by atoms with van der Waals surface area (Å²) in [7, 11) is 1.52. The van der Waals surface area contributed by atoms with Crippen LogP contribution in [0, 0.1) is 0 Å². The highest BCUT2D eigenvalue weighted by Gasteiger charge is 2.36. The largest absolute Gasteiger partial charge is 0.301 e. The highest BCUT2D eigenvalue weighted by Crippen LogP contribution is 2.11. The number of hydrogen-bond donors (Lipinski definition) is 1. The van der Waals surface area contributed by atoms with Crippen molar-refractivity contribution in [2.45, 2.75) is 32.0 Å². The molecule has 2 amide bonds. The standard InChI is InChI=1S/C11H16N4O2/c1-8(7-15-5-3-4-12-15)13-9-6-10(16)14(2)11(9)17/h3-5,8-9,13H,6-7H2,1-2H3. The Bertz CT molecular complexity index is 415. The average molecular weight is 236 g/mol. The van der Waals surface area contributed by atoms with E-state index < -0.39 is 6.04 Å². The van der Waals surface area contributed by atoms with E-state index in [1.54, 1.807) is 10.9 Å². The summed E-state index contributed by atoms with van der Waals surface area (Å²) >= 11 is 0. The molecule has 0 aliphatic carbocycles. The van der Waals surface area contributed by atoms with E-state index in [0.29, 0.717) is 6.54 Å². The van der Waals surface area contributed by atoms with E-state index in [-0.39, 0.29) is 24.3 Å². The smallest absolute Gasteiger partial charge is 0.246 e. The van der Waals surface area contributed by atoms with Gasteiger partial charge in [0.25, 0.3) is 0 Å². The monoisotopic (exact) mass is 236 g/mol. The van der Waals surface area contributed by atoms with Gasteiger partial charge in [-0.3, -0.25) is 19.2 Å². The number of amides is 2. The second-order valence-electron chi connectivity index (χ2n) is 4.34. The van der Waals surface area contributed by atoms with E-state index in [1.807, 2.05) is 19.2 Å². The zero-order valence-corrected chi connectivity index (χ0v) is 9.96. The fraction of sp³-hybridized carbons (Fsp3) is 0.545. The van der Waals surface area contributed by atoms with Crippen molar-refractivity contribution in [2.75, 3.05) is 7.05 Å². The van der Waals surface area contributed by atoms with Crippen LogP contribution in [0.15, 0.2) is 18.5 Å². The summed E-state index contributed by atoms with van der Waals surface area (Å²) in [6.07, 6.45) is 3.83. The van der Waals surface area contributed by atoms with Crippen molar-refractivity contribution in [3.8, 4) is 0 Å². The molecule has 1 aliphatic rings. The quantitative estimate of drug-likeness (QED) is 0.724. The molecule has 1 aromatic rings. The summed E-state index contributed by atoms with van der Waals surface area (Å²) in [6, 6.07) is 1.55. The topological polar surface area (TPSA) is 67.2 Å². The first-order valence-electron chi connectivity index (χ1n) is 5.62. The molecule has 1 aromatic heterocycles. The number of likely N-dealkylation sites (N-methyl/N-ethyl adjacent to an activating group) is 1. The van der Waals surface area contributed by atoms with Gasteiger partial charge in [-0.15, -0.1) is 0 Å². The van der Waals surface area contributed by atoms with Crippen LogP contribution in [0.2, 0.25) is 0 Å². The minimum absolute atomic E-state index is 0.0862. The maximum Gasteiger partial charge on any atom is 0.246 e. The molecule has 0 radical (unpaired) electrons. The lowest BCUT2D eigenvalue weighted by Gasteiger charge is -2.17. The molecule has 1 N–H and O–H groups in total. The molecule has 0 bridgehead atoms. The molecule has 0 spiro atoms. The van der Waals surface area contributed by atoms with Crippen LogP contribution in [-0.4, -0.2) is 45.6 Å². The number of carbonyl (C=O) groups is 2. The Hall–Kier alpha value is -1.69. The van der Waals surface area contributed by atoms with Gasteiger partial charge in [-0.05, 0) is 13.0 Å². The van der Waals surface area contributed by atoms with Crippen molar-refractivity contribution in [3.63, 3.8) is 0 Å². The predicted octanol–water partition coefficient (Wildman–Crippen LogP) is -0.381. The molecule has 0 saturated carbocycles. The van der Waals surface area contributed by atoms with E-state index in [4.69, 9.17) is 0 Å². The second-order valence-corrected chi connectivity index (χ2v) is 4.34. The zero-order valence-electron chi connectivity index (χ0n) is 9.96. The van der Waals surface area contributed by atoms with Gasteiger partial charge in [0.1, 0.15) is 0 Å². The van der Waals surface area contributed by atoms with Crippen LogP contribution in [0.3, 0.4) is 0 Å². The van der Waals surface area contributed by atoms with Gasteiger partial charge in [-0.1, -0.05) is 0 Å². The SMILES string of the molecule is CC(Cn1cccn1)NC1CC(=O)N(C)C1=O. The van der Waals surface area contributed by atoms with Crippen molar-refractivity contribution in [3.05, 3.63) is 18.5 Å². The highest BCUT2D eigenvalue weighted by atomic mass is 16.2. The number of rotatable bonds is 4. The van der Waals surface area contributed by atoms with Crippen LogP contribution >= 0.6 is 0 Å². The lowest BCUT2D eigenvalue weighted by molar-refractivity contribution is -0.137. The van der Waals surface area contributed by atoms with Crippen molar-refractivity contribution in [2.24, 2.45) is 0 Å². The van der Waals surface area contributed by atoms with Gasteiger partial charge in [0, 0.05) is 25.5 Å². The lowest BCUT2D eigenvalue weighted by atomic mass is 10.2. The molecule has 2 rings (SSSR count). The summed E-state index contributed by atoms with van der Waals surface area (Å²) in [6.45, 7) is 2.65. The van der Waals surface area contributed by atoms with Crippen molar-refractivity contribution >= 4 is 11.8 Å². The Morgan fingerprint density at radius 3 is 2.88 bits per heavy atom. The first-order chi connectivity index (χ1) is 8.08. The Balaban J connectivity index is 1.89. The Morgan fingerprint density at radius 1 is 1.59 bits per heavy atom. The van der Waals surface area contributed by atoms with Gasteiger partial charge in [0.05, 0.1) is 19.0 Å². The third kappa shape index (κ3) is 2.52. The van der Waals surface area contributed by atoms with Gasteiger partial charge in [-0.25, -0.2) is 0 Å². The van der Waals surface area contributed by atoms with E-state index in [9.17, 15) is 9.59 Å². The molecule has 0 aromatic carbocycles. The van der Waals surface area contributed by atoms with Crippen LogP contribution in [0.25, 0.3) is 0 Å². The average Bonchev–Trinajstić information content (AvgIpc) is 2.85. The van der Waals surface area contributed by atoms with E-state index in [1.165, 1.54) is 11.9 Å². The number of imide groups is 1. The van der Waals surface area contributed by atoms with E-state index in [0.717, 1.165) is 0 Å². The van der Waals surface area contributed by atoms with Crippen LogP contribution < -0.4 is 5.32 Å². The third-order valence-electron chi connectivity index (χ3n) is 2.89. The molecule has 1 saturated heterocycles. The minimum atomic E-state index is -0.391. The van der Waals surface area contributed by atoms with Gasteiger partial charge in [0.2, 0.25) is 11.8 Å². The second kappa shape index (κ2) is 4.67. The van der Waals surface area contributed by atoms with Crippen LogP contribution in [0.5, 0.6) is 0 Å². The fourth-order valence-corrected chi connectivity index (χ4v) is 1.97. The molecule has 1 aliphatic heterocycles. The van der Waals surface area contributed by atoms with Gasteiger partial charge < -0.3 is 5.32 Å². The minimum Gasteiger partial charge on any atom is -0.301 e. The maximum atomic E-state index is 11.7. The summed E-state index contributed by atoms with van der Waals surface area (Å²) in [5.74, 6) is -0.277. The number of hydrogen-bond acceptors (Lipinski definition) is 4. The molecule has 1 fully saturated rings. The Labute approximate surface area is 99.6 Å². The normalized spacial score (nSPS) is 22.2. The third-order valence-corrected chi connectivity index (χ3v) is 2.89. The first-order valence-corrected chi connectivity index (χ1v) is 5.62. The molecular weight excluding hydrogens is 220 g/mol. The zero-order chi connectivity index (χ0) is 12.4.